The number of aliphatic carboxylic acids is 1. The molecule has 2 unspecified atom stereocenters. The van der Waals surface area contributed by atoms with Gasteiger partial charge in [-0.25, -0.2) is 0 Å². The molecule has 1 heterocycles. The fourth-order valence-electron chi connectivity index (χ4n) is 1.92. The molecule has 1 fully saturated rings. The summed E-state index contributed by atoms with van der Waals surface area (Å²) in [5.41, 5.74) is 5.58. The van der Waals surface area contributed by atoms with E-state index in [1.807, 2.05) is 4.90 Å². The van der Waals surface area contributed by atoms with Crippen LogP contribution in [0.4, 0.5) is 0 Å². The highest BCUT2D eigenvalue weighted by Crippen LogP contribution is 2.08. The predicted molar refractivity (Wildman–Crippen MR) is 63.5 cm³/mol. The number of carbonyl (C=O) groups is 2. The number of hydrogen-bond acceptors (Lipinski definition) is 4. The summed E-state index contributed by atoms with van der Waals surface area (Å²) in [7, 11) is 0. The Morgan fingerprint density at radius 3 is 2.18 bits per heavy atom. The third kappa shape index (κ3) is 3.98. The van der Waals surface area contributed by atoms with Crippen LogP contribution in [0.25, 0.3) is 0 Å². The average Bonchev–Trinajstić information content (AvgIpc) is 2.27. The van der Waals surface area contributed by atoms with Crippen molar-refractivity contribution >= 4 is 11.9 Å². The zero-order valence-corrected chi connectivity index (χ0v) is 10.4. The van der Waals surface area contributed by atoms with Gasteiger partial charge in [-0.05, 0) is 13.8 Å². The summed E-state index contributed by atoms with van der Waals surface area (Å²) in [6, 6.07) is -0.612. The molecule has 1 aliphatic heterocycles. The van der Waals surface area contributed by atoms with Crippen LogP contribution in [0.3, 0.4) is 0 Å². The van der Waals surface area contributed by atoms with E-state index >= 15 is 0 Å². The van der Waals surface area contributed by atoms with Gasteiger partial charge in [0, 0.05) is 38.6 Å². The molecule has 1 saturated heterocycles. The zero-order chi connectivity index (χ0) is 13.0. The topological polar surface area (TPSA) is 86.9 Å². The maximum absolute atomic E-state index is 11.7. The predicted octanol–water partition coefficient (Wildman–Crippen LogP) is -0.659. The lowest BCUT2D eigenvalue weighted by Crippen LogP contribution is -2.53. The summed E-state index contributed by atoms with van der Waals surface area (Å²) >= 11 is 0. The summed E-state index contributed by atoms with van der Waals surface area (Å²) in [4.78, 5) is 26.2. The van der Waals surface area contributed by atoms with Gasteiger partial charge in [0.1, 0.15) is 6.04 Å². The molecular formula is C11H21N3O3. The third-order valence-electron chi connectivity index (χ3n) is 3.07. The molecule has 17 heavy (non-hydrogen) atoms. The molecule has 0 aliphatic carbocycles. The van der Waals surface area contributed by atoms with E-state index in [0.717, 1.165) is 0 Å². The Kier molecular flexibility index (Phi) is 4.89. The number of hydrogen-bond donors (Lipinski definition) is 2. The molecule has 0 bridgehead atoms. The lowest BCUT2D eigenvalue weighted by Gasteiger charge is -2.36. The summed E-state index contributed by atoms with van der Waals surface area (Å²) in [5.74, 6) is -0.761. The Morgan fingerprint density at radius 2 is 1.76 bits per heavy atom. The van der Waals surface area contributed by atoms with Gasteiger partial charge >= 0.3 is 5.97 Å². The Hall–Kier alpha value is -1.14. The number of rotatable bonds is 4. The summed E-state index contributed by atoms with van der Waals surface area (Å²) in [6.45, 7) is 5.87. The minimum atomic E-state index is -0.819. The molecule has 1 rings (SSSR count). The lowest BCUT2D eigenvalue weighted by molar-refractivity contribution is -0.144. The first-order valence-electron chi connectivity index (χ1n) is 5.92. The first kappa shape index (κ1) is 13.9. The van der Waals surface area contributed by atoms with Crippen LogP contribution in [0.1, 0.15) is 20.3 Å². The second kappa shape index (κ2) is 5.97. The fraction of sp³-hybridized carbons (Fsp3) is 0.818. The van der Waals surface area contributed by atoms with Gasteiger partial charge in [-0.3, -0.25) is 14.5 Å². The smallest absolute Gasteiger partial charge is 0.320 e. The largest absolute Gasteiger partial charge is 0.480 e. The molecule has 2 atom stereocenters. The van der Waals surface area contributed by atoms with Crippen molar-refractivity contribution in [2.24, 2.45) is 5.73 Å². The molecule has 0 aromatic rings. The highest BCUT2D eigenvalue weighted by Gasteiger charge is 2.27. The highest BCUT2D eigenvalue weighted by atomic mass is 16.4. The number of nitrogens with zero attached hydrogens (tertiary/aromatic N) is 2. The van der Waals surface area contributed by atoms with Crippen LogP contribution >= 0.6 is 0 Å². The van der Waals surface area contributed by atoms with Gasteiger partial charge < -0.3 is 15.7 Å². The van der Waals surface area contributed by atoms with E-state index in [1.54, 1.807) is 18.7 Å². The Morgan fingerprint density at radius 1 is 1.24 bits per heavy atom. The van der Waals surface area contributed by atoms with Crippen LogP contribution < -0.4 is 5.73 Å². The molecule has 0 aromatic heterocycles. The number of piperazine rings is 1. The van der Waals surface area contributed by atoms with Crippen molar-refractivity contribution in [3.63, 3.8) is 0 Å². The number of amides is 1. The SMILES string of the molecule is CC(N)CC(=O)N1CCN(C(C)C(=O)O)CC1. The highest BCUT2D eigenvalue weighted by molar-refractivity contribution is 5.77. The Bertz CT molecular complexity index is 286. The van der Waals surface area contributed by atoms with Crippen LogP contribution in [-0.4, -0.2) is 65.0 Å². The standard InChI is InChI=1S/C11H21N3O3/c1-8(12)7-10(15)14-5-3-13(4-6-14)9(2)11(16)17/h8-9H,3-7,12H2,1-2H3,(H,16,17). The van der Waals surface area contributed by atoms with Crippen LogP contribution in [0.2, 0.25) is 0 Å². The maximum atomic E-state index is 11.7. The van der Waals surface area contributed by atoms with Crippen LogP contribution in [0.5, 0.6) is 0 Å². The van der Waals surface area contributed by atoms with Crippen molar-refractivity contribution in [3.05, 3.63) is 0 Å². The monoisotopic (exact) mass is 243 g/mol. The summed E-state index contributed by atoms with van der Waals surface area (Å²) in [5, 5.41) is 8.89. The molecule has 1 aliphatic rings. The van der Waals surface area contributed by atoms with E-state index < -0.39 is 12.0 Å². The molecule has 0 saturated carbocycles. The number of carbonyl (C=O) groups excluding carboxylic acids is 1. The molecule has 0 spiro atoms. The van der Waals surface area contributed by atoms with Gasteiger partial charge in [0.05, 0.1) is 0 Å². The van der Waals surface area contributed by atoms with Crippen molar-refractivity contribution in [2.45, 2.75) is 32.4 Å². The van der Waals surface area contributed by atoms with Crippen LogP contribution in [0.15, 0.2) is 0 Å². The van der Waals surface area contributed by atoms with E-state index in [-0.39, 0.29) is 11.9 Å². The Labute approximate surface area is 101 Å². The Balaban J connectivity index is 2.40. The van der Waals surface area contributed by atoms with Gasteiger partial charge in [0.15, 0.2) is 0 Å². The molecule has 0 aromatic carbocycles. The van der Waals surface area contributed by atoms with Crippen molar-refractivity contribution in [1.29, 1.82) is 0 Å². The second-order valence-electron chi connectivity index (χ2n) is 4.61. The van der Waals surface area contributed by atoms with Crippen molar-refractivity contribution in [3.8, 4) is 0 Å². The third-order valence-corrected chi connectivity index (χ3v) is 3.07. The number of carboxylic acid groups (broad SMARTS) is 1. The van der Waals surface area contributed by atoms with Crippen LogP contribution in [-0.2, 0) is 9.59 Å². The number of carboxylic acids is 1. The first-order valence-corrected chi connectivity index (χ1v) is 5.92. The van der Waals surface area contributed by atoms with E-state index in [0.29, 0.717) is 32.6 Å². The molecule has 3 N–H and O–H groups in total. The zero-order valence-electron chi connectivity index (χ0n) is 10.4. The van der Waals surface area contributed by atoms with Crippen molar-refractivity contribution < 1.29 is 14.7 Å². The van der Waals surface area contributed by atoms with Crippen molar-refractivity contribution in [2.75, 3.05) is 26.2 Å². The van der Waals surface area contributed by atoms with Gasteiger partial charge in [0.2, 0.25) is 5.91 Å². The maximum Gasteiger partial charge on any atom is 0.320 e. The van der Waals surface area contributed by atoms with E-state index in [9.17, 15) is 9.59 Å². The molecule has 0 radical (unpaired) electrons. The van der Waals surface area contributed by atoms with E-state index in [2.05, 4.69) is 0 Å². The first-order chi connectivity index (χ1) is 7.91. The molecule has 6 nitrogen and oxygen atoms in total. The normalized spacial score (nSPS) is 21.0. The fourth-order valence-corrected chi connectivity index (χ4v) is 1.92. The van der Waals surface area contributed by atoms with Crippen molar-refractivity contribution in [1.82, 2.24) is 9.80 Å². The molecule has 1 amide bonds. The van der Waals surface area contributed by atoms with Gasteiger partial charge in [-0.2, -0.15) is 0 Å². The quantitative estimate of drug-likeness (QED) is 0.684. The minimum Gasteiger partial charge on any atom is -0.480 e. The number of nitrogens with two attached hydrogens (primary N) is 1. The summed E-state index contributed by atoms with van der Waals surface area (Å²) < 4.78 is 0. The van der Waals surface area contributed by atoms with Gasteiger partial charge in [0.25, 0.3) is 0 Å². The average molecular weight is 243 g/mol. The second-order valence-corrected chi connectivity index (χ2v) is 4.61. The lowest BCUT2D eigenvalue weighted by atomic mass is 10.2. The van der Waals surface area contributed by atoms with Gasteiger partial charge in [-0.15, -0.1) is 0 Å². The summed E-state index contributed by atoms with van der Waals surface area (Å²) in [6.07, 6.45) is 0.356. The van der Waals surface area contributed by atoms with Gasteiger partial charge in [-0.1, -0.05) is 0 Å². The minimum absolute atomic E-state index is 0.0580. The van der Waals surface area contributed by atoms with E-state index in [1.165, 1.54) is 0 Å². The molecular weight excluding hydrogens is 222 g/mol. The molecule has 98 valence electrons. The van der Waals surface area contributed by atoms with E-state index in [4.69, 9.17) is 10.8 Å². The van der Waals surface area contributed by atoms with Crippen LogP contribution in [0, 0.1) is 0 Å². The molecule has 6 heteroatoms.